The highest BCUT2D eigenvalue weighted by Gasteiger charge is 2.17. The molecule has 2 N–H and O–H groups in total. The number of aromatic nitrogens is 3. The molecule has 0 spiro atoms. The van der Waals surface area contributed by atoms with Gasteiger partial charge in [-0.1, -0.05) is 66.7 Å². The fourth-order valence-corrected chi connectivity index (χ4v) is 4.71. The number of carboxylic acids is 1. The average molecular weight is 518 g/mol. The van der Waals surface area contributed by atoms with Gasteiger partial charge in [-0.3, -0.25) is 5.10 Å². The summed E-state index contributed by atoms with van der Waals surface area (Å²) < 4.78 is 21.5. The van der Waals surface area contributed by atoms with E-state index in [1.54, 1.807) is 12.1 Å². The number of aromatic carboxylic acids is 1. The zero-order valence-electron chi connectivity index (χ0n) is 20.8. The SMILES string of the molecule is O=C(O)c1cc(-c2cn(Cc3ccc(F)cc3)cc2-c2ccc(OCc3cccc4ccccc34)cc2)n[nH]1. The first-order valence-electron chi connectivity index (χ1n) is 12.5. The van der Waals surface area contributed by atoms with Crippen molar-refractivity contribution in [1.82, 2.24) is 14.8 Å². The Labute approximate surface area is 223 Å². The standard InChI is InChI=1S/C32H24FN3O3/c33-25-12-8-21(9-13-25)17-36-18-28(29(19-36)30-16-31(32(37)38)35-34-30)23-10-14-26(15-11-23)39-20-24-6-3-5-22-4-1-2-7-27(22)24/h1-16,18-19H,17,20H2,(H,34,35)(H,37,38). The Morgan fingerprint density at radius 3 is 2.41 bits per heavy atom. The molecule has 4 aromatic carbocycles. The van der Waals surface area contributed by atoms with E-state index >= 15 is 0 Å². The Bertz CT molecular complexity index is 1760. The number of ether oxygens (including phenoxy) is 1. The number of carboxylic acid groups (broad SMARTS) is 1. The molecule has 0 amide bonds. The maximum atomic E-state index is 13.4. The molecule has 0 saturated heterocycles. The van der Waals surface area contributed by atoms with Crippen LogP contribution in [0.5, 0.6) is 5.75 Å². The molecule has 0 aliphatic rings. The van der Waals surface area contributed by atoms with Crippen molar-refractivity contribution in [2.45, 2.75) is 13.2 Å². The summed E-state index contributed by atoms with van der Waals surface area (Å²) in [6.07, 6.45) is 3.91. The van der Waals surface area contributed by atoms with Crippen LogP contribution < -0.4 is 4.74 Å². The van der Waals surface area contributed by atoms with E-state index in [0.717, 1.165) is 33.6 Å². The average Bonchev–Trinajstić information content (AvgIpc) is 3.61. The van der Waals surface area contributed by atoms with Gasteiger partial charge in [0.15, 0.2) is 0 Å². The van der Waals surface area contributed by atoms with E-state index in [4.69, 9.17) is 4.74 Å². The molecule has 0 radical (unpaired) electrons. The fourth-order valence-electron chi connectivity index (χ4n) is 4.71. The third kappa shape index (κ3) is 5.15. The van der Waals surface area contributed by atoms with Crippen LogP contribution in [0.15, 0.2) is 109 Å². The highest BCUT2D eigenvalue weighted by molar-refractivity contribution is 5.89. The number of halogens is 1. The summed E-state index contributed by atoms with van der Waals surface area (Å²) in [5.41, 5.74) is 5.20. The van der Waals surface area contributed by atoms with Crippen LogP contribution in [0.1, 0.15) is 21.6 Å². The predicted molar refractivity (Wildman–Crippen MR) is 148 cm³/mol. The molecule has 6 nitrogen and oxygen atoms in total. The topological polar surface area (TPSA) is 80.1 Å². The van der Waals surface area contributed by atoms with Gasteiger partial charge in [-0.2, -0.15) is 5.10 Å². The van der Waals surface area contributed by atoms with Crippen LogP contribution in [0.2, 0.25) is 0 Å². The van der Waals surface area contributed by atoms with Crippen molar-refractivity contribution in [3.63, 3.8) is 0 Å². The van der Waals surface area contributed by atoms with Crippen LogP contribution in [0.3, 0.4) is 0 Å². The van der Waals surface area contributed by atoms with E-state index in [0.29, 0.717) is 18.8 Å². The largest absolute Gasteiger partial charge is 0.489 e. The van der Waals surface area contributed by atoms with Crippen LogP contribution in [-0.2, 0) is 13.2 Å². The maximum Gasteiger partial charge on any atom is 0.353 e. The number of nitrogens with one attached hydrogen (secondary N) is 1. The second-order valence-corrected chi connectivity index (χ2v) is 9.31. The quantitative estimate of drug-likeness (QED) is 0.224. The van der Waals surface area contributed by atoms with Crippen LogP contribution in [-0.4, -0.2) is 25.8 Å². The minimum atomic E-state index is -1.08. The number of aromatic amines is 1. The van der Waals surface area contributed by atoms with Gasteiger partial charge in [-0.15, -0.1) is 0 Å². The molecule has 0 aliphatic carbocycles. The Balaban J connectivity index is 1.28. The van der Waals surface area contributed by atoms with Crippen molar-refractivity contribution in [3.05, 3.63) is 132 Å². The van der Waals surface area contributed by atoms with Crippen molar-refractivity contribution < 1.29 is 19.0 Å². The number of H-pyrrole nitrogens is 1. The van der Waals surface area contributed by atoms with Crippen molar-refractivity contribution in [2.24, 2.45) is 0 Å². The smallest absolute Gasteiger partial charge is 0.353 e. The summed E-state index contributed by atoms with van der Waals surface area (Å²) >= 11 is 0. The minimum Gasteiger partial charge on any atom is -0.489 e. The van der Waals surface area contributed by atoms with Gasteiger partial charge in [0.2, 0.25) is 0 Å². The van der Waals surface area contributed by atoms with E-state index in [1.807, 2.05) is 59.4 Å². The van der Waals surface area contributed by atoms with Crippen LogP contribution in [0.4, 0.5) is 4.39 Å². The molecule has 2 heterocycles. The van der Waals surface area contributed by atoms with Gasteiger partial charge in [0.25, 0.3) is 0 Å². The fraction of sp³-hybridized carbons (Fsp3) is 0.0625. The molecule has 0 bridgehead atoms. The number of hydrogen-bond acceptors (Lipinski definition) is 3. The second kappa shape index (κ2) is 10.3. The first-order chi connectivity index (χ1) is 19.0. The number of fused-ring (bicyclic) bond motifs is 1. The summed E-state index contributed by atoms with van der Waals surface area (Å²) in [4.78, 5) is 11.4. The molecule has 0 unspecified atom stereocenters. The lowest BCUT2D eigenvalue weighted by Crippen LogP contribution is -1.96. The maximum absolute atomic E-state index is 13.4. The first kappa shape index (κ1) is 24.2. The second-order valence-electron chi connectivity index (χ2n) is 9.31. The molecule has 192 valence electrons. The lowest BCUT2D eigenvalue weighted by molar-refractivity contribution is 0.0690. The molecule has 0 fully saturated rings. The predicted octanol–water partition coefficient (Wildman–Crippen LogP) is 7.16. The Hall–Kier alpha value is -5.17. The van der Waals surface area contributed by atoms with Crippen LogP contribution in [0, 0.1) is 5.82 Å². The van der Waals surface area contributed by atoms with E-state index in [-0.39, 0.29) is 11.5 Å². The highest BCUT2D eigenvalue weighted by atomic mass is 19.1. The molecule has 6 aromatic rings. The highest BCUT2D eigenvalue weighted by Crippen LogP contribution is 2.34. The normalized spacial score (nSPS) is 11.1. The number of hydrogen-bond donors (Lipinski definition) is 2. The van der Waals surface area contributed by atoms with Gasteiger partial charge in [0.05, 0.1) is 5.69 Å². The molecule has 2 aromatic heterocycles. The van der Waals surface area contributed by atoms with Gasteiger partial charge < -0.3 is 14.4 Å². The summed E-state index contributed by atoms with van der Waals surface area (Å²) in [5.74, 6) is -0.617. The zero-order valence-corrected chi connectivity index (χ0v) is 20.8. The lowest BCUT2D eigenvalue weighted by Gasteiger charge is -2.10. The third-order valence-corrected chi connectivity index (χ3v) is 6.68. The van der Waals surface area contributed by atoms with E-state index < -0.39 is 5.97 Å². The van der Waals surface area contributed by atoms with E-state index in [2.05, 4.69) is 34.5 Å². The molecule has 6 rings (SSSR count). The van der Waals surface area contributed by atoms with Gasteiger partial charge in [0, 0.05) is 30.1 Å². The molecule has 7 heteroatoms. The molecule has 39 heavy (non-hydrogen) atoms. The van der Waals surface area contributed by atoms with Gasteiger partial charge in [0.1, 0.15) is 23.9 Å². The summed E-state index contributed by atoms with van der Waals surface area (Å²) in [7, 11) is 0. The van der Waals surface area contributed by atoms with E-state index in [9.17, 15) is 14.3 Å². The number of carbonyl (C=O) groups is 1. The monoisotopic (exact) mass is 517 g/mol. The van der Waals surface area contributed by atoms with Crippen molar-refractivity contribution in [3.8, 4) is 28.1 Å². The number of rotatable bonds is 8. The molecular formula is C32H24FN3O3. The molecular weight excluding hydrogens is 493 g/mol. The lowest BCUT2D eigenvalue weighted by atomic mass is 10.0. The van der Waals surface area contributed by atoms with Crippen molar-refractivity contribution >= 4 is 16.7 Å². The van der Waals surface area contributed by atoms with Crippen LogP contribution in [0.25, 0.3) is 33.2 Å². The minimum absolute atomic E-state index is 0.0134. The zero-order chi connectivity index (χ0) is 26.8. The Kier molecular flexibility index (Phi) is 6.39. The summed E-state index contributed by atoms with van der Waals surface area (Å²) in [6.45, 7) is 0.973. The van der Waals surface area contributed by atoms with Crippen LogP contribution >= 0.6 is 0 Å². The molecule has 0 aliphatic heterocycles. The summed E-state index contributed by atoms with van der Waals surface area (Å²) in [5, 5.41) is 18.5. The van der Waals surface area contributed by atoms with Gasteiger partial charge in [-0.25, -0.2) is 9.18 Å². The van der Waals surface area contributed by atoms with Crippen molar-refractivity contribution in [1.29, 1.82) is 0 Å². The number of nitrogens with zero attached hydrogens (tertiary/aromatic N) is 2. The van der Waals surface area contributed by atoms with E-state index in [1.165, 1.54) is 29.0 Å². The number of benzene rings is 4. The molecule has 0 atom stereocenters. The third-order valence-electron chi connectivity index (χ3n) is 6.68. The van der Waals surface area contributed by atoms with Gasteiger partial charge >= 0.3 is 5.97 Å². The Morgan fingerprint density at radius 2 is 1.64 bits per heavy atom. The van der Waals surface area contributed by atoms with Gasteiger partial charge in [-0.05, 0) is 57.8 Å². The molecule has 0 saturated carbocycles. The first-order valence-corrected chi connectivity index (χ1v) is 12.5. The Morgan fingerprint density at radius 1 is 0.897 bits per heavy atom. The van der Waals surface area contributed by atoms with Crippen molar-refractivity contribution in [2.75, 3.05) is 0 Å². The summed E-state index contributed by atoms with van der Waals surface area (Å²) in [6, 6.07) is 30.1.